The van der Waals surface area contributed by atoms with Crippen molar-refractivity contribution in [2.75, 3.05) is 0 Å². The summed E-state index contributed by atoms with van der Waals surface area (Å²) in [4.78, 5) is 11.3. The van der Waals surface area contributed by atoms with Crippen LogP contribution < -0.4 is 0 Å². The number of nitrogens with zero attached hydrogens (tertiary/aromatic N) is 1. The molecule has 3 nitrogen and oxygen atoms in total. The number of hydrogen-bond acceptors (Lipinski definition) is 2. The minimum absolute atomic E-state index is 0.374. The third kappa shape index (κ3) is 1.77. The van der Waals surface area contributed by atoms with Gasteiger partial charge in [0.05, 0.1) is 5.56 Å². The Morgan fingerprint density at radius 3 is 2.93 bits per heavy atom. The number of benzene rings is 1. The molecule has 1 aromatic carbocycles. The molecule has 2 aromatic rings. The number of hydrogen-bond donors (Lipinski definition) is 0. The molecule has 0 bridgehead atoms. The summed E-state index contributed by atoms with van der Waals surface area (Å²) in [6.07, 6.45) is 2.01. The molecule has 0 saturated heterocycles. The number of aromatic nitrogens is 1. The van der Waals surface area contributed by atoms with E-state index in [9.17, 15) is 4.79 Å². The van der Waals surface area contributed by atoms with E-state index in [0.29, 0.717) is 5.56 Å². The van der Waals surface area contributed by atoms with Gasteiger partial charge in [-0.2, -0.15) is 0 Å². The number of halogens is 1. The lowest BCUT2D eigenvalue weighted by Crippen LogP contribution is -1.98. The maximum atomic E-state index is 11.3. The molecule has 0 N–H and O–H groups in total. The fraction of sp³-hybridized carbons (Fsp3) is 0.182. The van der Waals surface area contributed by atoms with Crippen LogP contribution in [0.4, 0.5) is 0 Å². The minimum atomic E-state index is -0.374. The van der Waals surface area contributed by atoms with E-state index in [-0.39, 0.29) is 5.97 Å². The SMILES string of the molecule is CCn1ccc2ccc(C(=O)OBr)cc21. The van der Waals surface area contributed by atoms with Gasteiger partial charge in [-0.15, -0.1) is 0 Å². The number of fused-ring (bicyclic) bond motifs is 1. The summed E-state index contributed by atoms with van der Waals surface area (Å²) >= 11 is 2.69. The highest BCUT2D eigenvalue weighted by Gasteiger charge is 2.08. The second-order valence-corrected chi connectivity index (χ2v) is 3.56. The van der Waals surface area contributed by atoms with Crippen LogP contribution in [0.3, 0.4) is 0 Å². The molecule has 0 radical (unpaired) electrons. The molecule has 0 atom stereocenters. The van der Waals surface area contributed by atoms with Crippen LogP contribution in [0.2, 0.25) is 0 Å². The van der Waals surface area contributed by atoms with Gasteiger partial charge in [-0.05, 0) is 30.5 Å². The molecule has 0 unspecified atom stereocenters. The second-order valence-electron chi connectivity index (χ2n) is 3.24. The van der Waals surface area contributed by atoms with Gasteiger partial charge < -0.3 is 8.40 Å². The van der Waals surface area contributed by atoms with Gasteiger partial charge in [0.25, 0.3) is 0 Å². The molecule has 2 rings (SSSR count). The Hall–Kier alpha value is -1.29. The van der Waals surface area contributed by atoms with Crippen molar-refractivity contribution >= 4 is 33.1 Å². The van der Waals surface area contributed by atoms with Crippen LogP contribution >= 0.6 is 16.3 Å². The molecule has 0 saturated carbocycles. The van der Waals surface area contributed by atoms with Crippen LogP contribution in [0.1, 0.15) is 17.3 Å². The van der Waals surface area contributed by atoms with Gasteiger partial charge in [-0.25, -0.2) is 4.79 Å². The molecule has 1 aromatic heterocycles. The Morgan fingerprint density at radius 2 is 2.27 bits per heavy atom. The van der Waals surface area contributed by atoms with Crippen molar-refractivity contribution in [1.29, 1.82) is 0 Å². The standard InChI is InChI=1S/C11H10BrNO2/c1-2-13-6-5-8-3-4-9(7-10(8)13)11(14)15-12/h3-7H,2H2,1H3. The lowest BCUT2D eigenvalue weighted by Gasteiger charge is -2.02. The second kappa shape index (κ2) is 4.06. The lowest BCUT2D eigenvalue weighted by molar-refractivity contribution is 0.0782. The van der Waals surface area contributed by atoms with E-state index in [1.54, 1.807) is 6.07 Å². The Balaban J connectivity index is 2.57. The zero-order valence-corrected chi connectivity index (χ0v) is 9.82. The minimum Gasteiger partial charge on any atom is -0.380 e. The molecule has 0 aliphatic heterocycles. The van der Waals surface area contributed by atoms with Crippen molar-refractivity contribution in [3.63, 3.8) is 0 Å². The van der Waals surface area contributed by atoms with E-state index in [2.05, 4.69) is 31.6 Å². The van der Waals surface area contributed by atoms with E-state index < -0.39 is 0 Å². The summed E-state index contributed by atoms with van der Waals surface area (Å²) in [5.74, 6) is -0.374. The fourth-order valence-corrected chi connectivity index (χ4v) is 1.82. The molecule has 0 aliphatic carbocycles. The van der Waals surface area contributed by atoms with Crippen molar-refractivity contribution in [3.8, 4) is 0 Å². The summed E-state index contributed by atoms with van der Waals surface area (Å²) in [5, 5.41) is 1.13. The highest BCUT2D eigenvalue weighted by atomic mass is 79.9. The number of aryl methyl sites for hydroxylation is 1. The molecule has 15 heavy (non-hydrogen) atoms. The summed E-state index contributed by atoms with van der Waals surface area (Å²) < 4.78 is 6.58. The van der Waals surface area contributed by atoms with Crippen molar-refractivity contribution in [2.45, 2.75) is 13.5 Å². The summed E-state index contributed by atoms with van der Waals surface area (Å²) in [6, 6.07) is 7.54. The Kier molecular flexibility index (Phi) is 2.77. The molecule has 78 valence electrons. The van der Waals surface area contributed by atoms with Crippen molar-refractivity contribution in [3.05, 3.63) is 36.0 Å². The fourth-order valence-electron chi connectivity index (χ4n) is 1.63. The molecule has 4 heteroatoms. The largest absolute Gasteiger partial charge is 0.380 e. The monoisotopic (exact) mass is 267 g/mol. The van der Waals surface area contributed by atoms with Crippen molar-refractivity contribution in [2.24, 2.45) is 0 Å². The van der Waals surface area contributed by atoms with E-state index >= 15 is 0 Å². The third-order valence-corrected chi connectivity index (χ3v) is 2.71. The first-order chi connectivity index (χ1) is 7.26. The van der Waals surface area contributed by atoms with E-state index in [4.69, 9.17) is 0 Å². The molecule has 0 amide bonds. The normalized spacial score (nSPS) is 10.5. The zero-order valence-electron chi connectivity index (χ0n) is 8.24. The molecule has 0 spiro atoms. The van der Waals surface area contributed by atoms with Gasteiger partial charge in [0.15, 0.2) is 16.3 Å². The average Bonchev–Trinajstić information content (AvgIpc) is 2.69. The van der Waals surface area contributed by atoms with Gasteiger partial charge in [-0.1, -0.05) is 6.07 Å². The van der Waals surface area contributed by atoms with Crippen LogP contribution in [0, 0.1) is 0 Å². The van der Waals surface area contributed by atoms with Gasteiger partial charge >= 0.3 is 5.97 Å². The Morgan fingerprint density at radius 1 is 1.47 bits per heavy atom. The van der Waals surface area contributed by atoms with Gasteiger partial charge in [0.2, 0.25) is 0 Å². The smallest absolute Gasteiger partial charge is 0.349 e. The molecular formula is C11H10BrNO2. The third-order valence-electron chi connectivity index (χ3n) is 2.42. The van der Waals surface area contributed by atoms with Crippen LogP contribution in [0.25, 0.3) is 10.9 Å². The van der Waals surface area contributed by atoms with Crippen molar-refractivity contribution < 1.29 is 8.62 Å². The van der Waals surface area contributed by atoms with Crippen LogP contribution in [0.15, 0.2) is 30.5 Å². The number of carbonyl (C=O) groups excluding carboxylic acids is 1. The first-order valence-electron chi connectivity index (χ1n) is 4.68. The quantitative estimate of drug-likeness (QED) is 0.837. The van der Waals surface area contributed by atoms with E-state index in [1.165, 1.54) is 0 Å². The van der Waals surface area contributed by atoms with E-state index in [0.717, 1.165) is 17.4 Å². The van der Waals surface area contributed by atoms with Crippen LogP contribution in [-0.4, -0.2) is 10.5 Å². The lowest BCUT2D eigenvalue weighted by atomic mass is 10.2. The highest BCUT2D eigenvalue weighted by molar-refractivity contribution is 9.06. The van der Waals surface area contributed by atoms with Crippen molar-refractivity contribution in [1.82, 2.24) is 4.57 Å². The molecule has 0 fully saturated rings. The number of rotatable bonds is 2. The first-order valence-corrected chi connectivity index (χ1v) is 5.33. The first kappa shape index (κ1) is 10.2. The van der Waals surface area contributed by atoms with Crippen LogP contribution in [-0.2, 0) is 10.4 Å². The highest BCUT2D eigenvalue weighted by Crippen LogP contribution is 2.18. The predicted octanol–water partition coefficient (Wildman–Crippen LogP) is 3.13. The van der Waals surface area contributed by atoms with Gasteiger partial charge in [0, 0.05) is 18.3 Å². The topological polar surface area (TPSA) is 31.2 Å². The molecule has 0 aliphatic rings. The summed E-state index contributed by atoms with van der Waals surface area (Å²) in [7, 11) is 0. The van der Waals surface area contributed by atoms with Gasteiger partial charge in [0.1, 0.15) is 0 Å². The zero-order chi connectivity index (χ0) is 10.8. The molecular weight excluding hydrogens is 258 g/mol. The predicted molar refractivity (Wildman–Crippen MR) is 62.0 cm³/mol. The maximum Gasteiger partial charge on any atom is 0.349 e. The van der Waals surface area contributed by atoms with E-state index in [1.807, 2.05) is 24.4 Å². The summed E-state index contributed by atoms with van der Waals surface area (Å²) in [6.45, 7) is 2.95. The Bertz CT molecular complexity index is 504. The summed E-state index contributed by atoms with van der Waals surface area (Å²) in [5.41, 5.74) is 1.60. The average molecular weight is 268 g/mol. The van der Waals surface area contributed by atoms with Crippen LogP contribution in [0.5, 0.6) is 0 Å². The maximum absolute atomic E-state index is 11.3. The number of carbonyl (C=O) groups is 1. The Labute approximate surface area is 96.1 Å². The molecule has 1 heterocycles. The van der Waals surface area contributed by atoms with Gasteiger partial charge in [-0.3, -0.25) is 0 Å².